The molecule has 10 nitrogen and oxygen atoms in total. The van der Waals surface area contributed by atoms with E-state index in [4.69, 9.17) is 14.2 Å². The number of esters is 1. The molecule has 1 saturated heterocycles. The number of hydrogen-bond donors (Lipinski definition) is 2. The molecule has 4 aliphatic carbocycles. The Kier molecular flexibility index (Phi) is 15.1. The molecule has 1 heterocycles. The molecule has 1 aliphatic heterocycles. The highest BCUT2D eigenvalue weighted by Crippen LogP contribution is 2.67. The summed E-state index contributed by atoms with van der Waals surface area (Å²) in [4.78, 5) is 50.8. The molecule has 0 aromatic rings. The number of carbonyl (C=O) groups is 4. The normalized spacial score (nSPS) is 33.7. The van der Waals surface area contributed by atoms with Gasteiger partial charge in [0.1, 0.15) is 19.8 Å². The first-order valence-electron chi connectivity index (χ1n) is 21.6. The van der Waals surface area contributed by atoms with Crippen molar-refractivity contribution in [1.82, 2.24) is 15.5 Å². The number of likely N-dealkylation sites (tertiary alicyclic amines) is 1. The summed E-state index contributed by atoms with van der Waals surface area (Å²) in [5.74, 6) is 4.24. The highest BCUT2D eigenvalue weighted by Gasteiger charge is 2.59. The summed E-state index contributed by atoms with van der Waals surface area (Å²) in [7, 11) is 1.53. The van der Waals surface area contributed by atoms with E-state index in [0.29, 0.717) is 18.5 Å². The summed E-state index contributed by atoms with van der Waals surface area (Å²) >= 11 is 0. The summed E-state index contributed by atoms with van der Waals surface area (Å²) < 4.78 is 17.2. The number of amides is 3. The monoisotopic (exact) mass is 756 g/mol. The number of rotatable bonds is 18. The van der Waals surface area contributed by atoms with Crippen molar-refractivity contribution < 1.29 is 33.4 Å². The first kappa shape index (κ1) is 42.7. The van der Waals surface area contributed by atoms with Gasteiger partial charge in [0.15, 0.2) is 0 Å². The van der Waals surface area contributed by atoms with Gasteiger partial charge in [-0.3, -0.25) is 19.2 Å². The van der Waals surface area contributed by atoms with Crippen molar-refractivity contribution in [1.29, 1.82) is 0 Å². The Bertz CT molecular complexity index is 1330. The molecule has 3 saturated carbocycles. The van der Waals surface area contributed by atoms with Crippen molar-refractivity contribution >= 4 is 23.7 Å². The lowest BCUT2D eigenvalue weighted by Gasteiger charge is -2.58. The Morgan fingerprint density at radius 3 is 2.52 bits per heavy atom. The number of ether oxygens (including phenoxy) is 3. The fourth-order valence-corrected chi connectivity index (χ4v) is 11.8. The van der Waals surface area contributed by atoms with Crippen LogP contribution in [0, 0.1) is 52.3 Å². The van der Waals surface area contributed by atoms with Gasteiger partial charge >= 0.3 is 5.97 Å². The average molecular weight is 756 g/mol. The maximum Gasteiger partial charge on any atom is 0.306 e. The van der Waals surface area contributed by atoms with Gasteiger partial charge in [-0.05, 0) is 110 Å². The van der Waals surface area contributed by atoms with Crippen LogP contribution >= 0.6 is 0 Å². The molecule has 306 valence electrons. The van der Waals surface area contributed by atoms with E-state index in [0.717, 1.165) is 61.2 Å². The van der Waals surface area contributed by atoms with Gasteiger partial charge in [0, 0.05) is 26.6 Å². The van der Waals surface area contributed by atoms with Crippen LogP contribution in [0.3, 0.4) is 0 Å². The highest BCUT2D eigenvalue weighted by molar-refractivity contribution is 5.81. The third-order valence-electron chi connectivity index (χ3n) is 14.7. The molecule has 5 unspecified atom stereocenters. The second-order valence-electron chi connectivity index (χ2n) is 18.8. The van der Waals surface area contributed by atoms with E-state index < -0.39 is 5.97 Å². The SMILES string of the molecule is CNC(=O)CCC(=O)OC[C@@H]1C[C@@H](C)CN1C(=O)COCCNC(=O)CO[C@H]1CC[C@@]2(C)C(=CCC3C4CCC(C(C)CCCC(C)C)[C@@]4(C)CCC32)C1. The second kappa shape index (κ2) is 19.1. The molecule has 10 heteroatoms. The van der Waals surface area contributed by atoms with Gasteiger partial charge in [0.25, 0.3) is 0 Å². The molecule has 5 aliphatic rings. The van der Waals surface area contributed by atoms with Crippen LogP contribution in [0.25, 0.3) is 0 Å². The van der Waals surface area contributed by atoms with Crippen molar-refractivity contribution in [3.05, 3.63) is 11.6 Å². The fraction of sp³-hybridized carbons (Fsp3) is 0.864. The first-order chi connectivity index (χ1) is 25.7. The van der Waals surface area contributed by atoms with E-state index in [1.165, 1.54) is 58.4 Å². The second-order valence-corrected chi connectivity index (χ2v) is 18.8. The lowest BCUT2D eigenvalue weighted by atomic mass is 9.47. The van der Waals surface area contributed by atoms with Crippen molar-refractivity contribution in [2.24, 2.45) is 52.3 Å². The molecule has 4 fully saturated rings. The van der Waals surface area contributed by atoms with Crippen molar-refractivity contribution in [3.8, 4) is 0 Å². The van der Waals surface area contributed by atoms with E-state index in [1.807, 2.05) is 0 Å². The van der Waals surface area contributed by atoms with Crippen LogP contribution in [-0.2, 0) is 33.4 Å². The average Bonchev–Trinajstić information content (AvgIpc) is 3.70. The molecule has 0 bridgehead atoms. The van der Waals surface area contributed by atoms with E-state index in [-0.39, 0.29) is 80.5 Å². The Morgan fingerprint density at radius 2 is 1.76 bits per heavy atom. The highest BCUT2D eigenvalue weighted by atomic mass is 16.5. The molecule has 54 heavy (non-hydrogen) atoms. The predicted molar refractivity (Wildman–Crippen MR) is 210 cm³/mol. The van der Waals surface area contributed by atoms with E-state index in [1.54, 1.807) is 10.5 Å². The van der Waals surface area contributed by atoms with Gasteiger partial charge in [-0.25, -0.2) is 0 Å². The van der Waals surface area contributed by atoms with Crippen LogP contribution in [-0.4, -0.2) is 87.3 Å². The molecule has 3 amide bonds. The topological polar surface area (TPSA) is 123 Å². The van der Waals surface area contributed by atoms with Crippen molar-refractivity contribution in [2.75, 3.05) is 46.6 Å². The molecule has 5 rings (SSSR count). The van der Waals surface area contributed by atoms with Gasteiger partial charge in [-0.2, -0.15) is 0 Å². The third kappa shape index (κ3) is 10.3. The molecule has 0 aromatic heterocycles. The minimum Gasteiger partial charge on any atom is -0.463 e. The molecular weight excluding hydrogens is 682 g/mol. The zero-order chi connectivity index (χ0) is 39.0. The smallest absolute Gasteiger partial charge is 0.306 e. The molecular formula is C44H73N3O7. The Morgan fingerprint density at radius 1 is 0.963 bits per heavy atom. The zero-order valence-corrected chi connectivity index (χ0v) is 34.7. The number of allylic oxidation sites excluding steroid dienone is 1. The maximum absolute atomic E-state index is 12.9. The van der Waals surface area contributed by atoms with Gasteiger partial charge in [-0.15, -0.1) is 0 Å². The number of carbonyl (C=O) groups excluding carboxylic acids is 4. The van der Waals surface area contributed by atoms with E-state index in [9.17, 15) is 19.2 Å². The van der Waals surface area contributed by atoms with E-state index in [2.05, 4.69) is 58.3 Å². The predicted octanol–water partition coefficient (Wildman–Crippen LogP) is 6.85. The number of hydrogen-bond acceptors (Lipinski definition) is 7. The van der Waals surface area contributed by atoms with Crippen LogP contribution in [0.1, 0.15) is 131 Å². The van der Waals surface area contributed by atoms with Gasteiger partial charge in [0.2, 0.25) is 17.7 Å². The van der Waals surface area contributed by atoms with Crippen LogP contribution in [0.5, 0.6) is 0 Å². The summed E-state index contributed by atoms with van der Waals surface area (Å²) in [5.41, 5.74) is 2.33. The number of nitrogens with one attached hydrogen (secondary N) is 2. The van der Waals surface area contributed by atoms with Gasteiger partial charge in [0.05, 0.1) is 25.2 Å². The minimum atomic E-state index is -0.450. The van der Waals surface area contributed by atoms with Crippen molar-refractivity contribution in [3.63, 3.8) is 0 Å². The molecule has 0 spiro atoms. The molecule has 0 aromatic carbocycles. The Balaban J connectivity index is 0.991. The summed E-state index contributed by atoms with van der Waals surface area (Å²) in [5, 5.41) is 5.36. The summed E-state index contributed by atoms with van der Waals surface area (Å²) in [6.45, 7) is 15.7. The van der Waals surface area contributed by atoms with E-state index >= 15 is 0 Å². The van der Waals surface area contributed by atoms with Gasteiger partial charge < -0.3 is 29.7 Å². The number of nitrogens with zero attached hydrogens (tertiary/aromatic N) is 1. The van der Waals surface area contributed by atoms with Crippen LogP contribution in [0.4, 0.5) is 0 Å². The van der Waals surface area contributed by atoms with Crippen LogP contribution in [0.2, 0.25) is 0 Å². The summed E-state index contributed by atoms with van der Waals surface area (Å²) in [6, 6.07) is -0.211. The Labute approximate surface area is 326 Å². The first-order valence-corrected chi connectivity index (χ1v) is 21.6. The minimum absolute atomic E-state index is 0.00753. The van der Waals surface area contributed by atoms with Gasteiger partial charge in [-0.1, -0.05) is 72.5 Å². The lowest BCUT2D eigenvalue weighted by molar-refractivity contribution is -0.149. The lowest BCUT2D eigenvalue weighted by Crippen LogP contribution is -2.51. The fourth-order valence-electron chi connectivity index (χ4n) is 11.8. The standard InChI is InChI=1S/C44H73N3O7/c1-29(2)9-8-10-31(4)36-13-14-37-35-12-11-32-24-34(17-19-43(32,5)38(35)18-20-44(36,37)6)53-27-40(49)46-21-22-52-28-41(50)47-25-30(3)23-33(47)26-54-42(51)16-15-39(48)45-7/h11,29-31,33-38H,8-10,12-28H2,1-7H3,(H,45,48)(H,46,49)/t30-,31?,33+,34+,35?,36?,37?,38?,43+,44-/m1/s1. The largest absolute Gasteiger partial charge is 0.463 e. The van der Waals surface area contributed by atoms with Crippen molar-refractivity contribution in [2.45, 2.75) is 144 Å². The molecule has 10 atom stereocenters. The zero-order valence-electron chi connectivity index (χ0n) is 34.7. The summed E-state index contributed by atoms with van der Waals surface area (Å²) in [6.07, 6.45) is 17.5. The Hall–Kier alpha value is -2.46. The van der Waals surface area contributed by atoms with Crippen LogP contribution in [0.15, 0.2) is 11.6 Å². The maximum atomic E-state index is 12.9. The molecule has 2 N–H and O–H groups in total. The molecule has 0 radical (unpaired) electrons. The van der Waals surface area contributed by atoms with Crippen LogP contribution < -0.4 is 10.6 Å². The number of fused-ring (bicyclic) bond motifs is 5. The third-order valence-corrected chi connectivity index (χ3v) is 14.7. The quantitative estimate of drug-likeness (QED) is 0.0892.